The minimum Gasteiger partial charge on any atom is -0.508 e. The molecule has 0 fully saturated rings. The monoisotopic (exact) mass is 445 g/mol. The van der Waals surface area contributed by atoms with Crippen molar-refractivity contribution in [2.75, 3.05) is 6.61 Å². The summed E-state index contributed by atoms with van der Waals surface area (Å²) >= 11 is 0. The average Bonchev–Trinajstić information content (AvgIpc) is 3.15. The predicted octanol–water partition coefficient (Wildman–Crippen LogP) is 3.57. The summed E-state index contributed by atoms with van der Waals surface area (Å²) in [6.45, 7) is 6.38. The second-order valence-electron chi connectivity index (χ2n) is 9.43. The lowest BCUT2D eigenvalue weighted by atomic mass is 9.97. The summed E-state index contributed by atoms with van der Waals surface area (Å²) in [7, 11) is 3.17. The lowest BCUT2D eigenvalue weighted by molar-refractivity contribution is -0.00799. The summed E-state index contributed by atoms with van der Waals surface area (Å²) < 4.78 is 11.1. The quantitative estimate of drug-likeness (QED) is 0.512. The van der Waals surface area contributed by atoms with Crippen LogP contribution in [0.1, 0.15) is 36.8 Å². The second kappa shape index (κ2) is 7.22. The molecular weight excluding hydrogens is 418 g/mol. The maximum atomic E-state index is 13.5. The molecule has 7 heteroatoms. The predicted molar refractivity (Wildman–Crippen MR) is 128 cm³/mol. The molecule has 0 aliphatic carbocycles. The molecule has 0 amide bonds. The highest BCUT2D eigenvalue weighted by Crippen LogP contribution is 2.46. The van der Waals surface area contributed by atoms with Crippen molar-refractivity contribution in [2.24, 2.45) is 14.1 Å². The van der Waals surface area contributed by atoms with E-state index in [0.29, 0.717) is 28.8 Å². The van der Waals surface area contributed by atoms with E-state index in [-0.39, 0.29) is 11.3 Å². The summed E-state index contributed by atoms with van der Waals surface area (Å²) in [5.74, 6) is 0.121. The van der Waals surface area contributed by atoms with Crippen molar-refractivity contribution >= 4 is 10.9 Å². The Hall–Kier alpha value is -3.58. The maximum Gasteiger partial charge on any atom is 0.331 e. The molecule has 0 radical (unpaired) electrons. The third kappa shape index (κ3) is 2.99. The summed E-state index contributed by atoms with van der Waals surface area (Å²) in [6.07, 6.45) is -0.642. The lowest BCUT2D eigenvalue weighted by Gasteiger charge is -2.39. The fourth-order valence-electron chi connectivity index (χ4n) is 4.98. The van der Waals surface area contributed by atoms with Crippen molar-refractivity contribution in [1.29, 1.82) is 0 Å². The third-order valence-electron chi connectivity index (χ3n) is 6.58. The van der Waals surface area contributed by atoms with Crippen LogP contribution < -0.4 is 11.2 Å². The van der Waals surface area contributed by atoms with Gasteiger partial charge >= 0.3 is 5.69 Å². The normalized spacial score (nSPS) is 17.3. The number of aromatic hydroxyl groups is 1. The van der Waals surface area contributed by atoms with E-state index in [1.807, 2.05) is 49.4 Å². The number of phenolic OH excluding ortho intramolecular Hbond substituents is 1. The molecule has 1 atom stereocenters. The van der Waals surface area contributed by atoms with Gasteiger partial charge in [-0.25, -0.2) is 4.79 Å². The first-order chi connectivity index (χ1) is 15.6. The Kier molecular flexibility index (Phi) is 4.65. The van der Waals surface area contributed by atoms with Crippen LogP contribution in [0, 0.1) is 6.92 Å². The van der Waals surface area contributed by atoms with Gasteiger partial charge in [0.05, 0.1) is 34.4 Å². The standard InChI is InChI=1S/C26H27N3O4/c1-15-11-12-17(18(30)13-15)23-22-21-19(24(31)28(5)25(32)27(21)4)20(16-9-7-6-8-10-16)29(22)26(2,3)14-33-23/h6-13,23,30H,14H2,1-5H3. The fraction of sp³-hybridized carbons (Fsp3) is 0.308. The van der Waals surface area contributed by atoms with E-state index < -0.39 is 17.3 Å². The van der Waals surface area contributed by atoms with Crippen LogP contribution >= 0.6 is 0 Å². The van der Waals surface area contributed by atoms with Crippen LogP contribution in [-0.2, 0) is 24.4 Å². The van der Waals surface area contributed by atoms with Crippen LogP contribution in [0.25, 0.3) is 22.2 Å². The first-order valence-corrected chi connectivity index (χ1v) is 10.9. The van der Waals surface area contributed by atoms with E-state index >= 15 is 0 Å². The second-order valence-corrected chi connectivity index (χ2v) is 9.43. The molecule has 0 bridgehead atoms. The summed E-state index contributed by atoms with van der Waals surface area (Å²) in [5, 5.41) is 11.3. The topological polar surface area (TPSA) is 78.4 Å². The Morgan fingerprint density at radius 3 is 2.39 bits per heavy atom. The van der Waals surface area contributed by atoms with Gasteiger partial charge in [0.2, 0.25) is 0 Å². The molecule has 170 valence electrons. The molecule has 1 unspecified atom stereocenters. The molecule has 1 aliphatic rings. The molecule has 1 N–H and O–H groups in total. The lowest BCUT2D eigenvalue weighted by Crippen LogP contribution is -2.40. The fourth-order valence-corrected chi connectivity index (χ4v) is 4.98. The largest absolute Gasteiger partial charge is 0.508 e. The van der Waals surface area contributed by atoms with Crippen LogP contribution in [-0.4, -0.2) is 25.4 Å². The number of aromatic nitrogens is 3. The molecule has 5 rings (SSSR count). The highest BCUT2D eigenvalue weighted by atomic mass is 16.5. The van der Waals surface area contributed by atoms with Gasteiger partial charge < -0.3 is 14.4 Å². The van der Waals surface area contributed by atoms with Gasteiger partial charge in [0.1, 0.15) is 11.9 Å². The van der Waals surface area contributed by atoms with Crippen molar-refractivity contribution in [2.45, 2.75) is 32.4 Å². The number of nitrogens with zero attached hydrogens (tertiary/aromatic N) is 3. The van der Waals surface area contributed by atoms with Gasteiger partial charge in [-0.2, -0.15) is 0 Å². The van der Waals surface area contributed by atoms with Crippen molar-refractivity contribution in [1.82, 2.24) is 13.7 Å². The summed E-state index contributed by atoms with van der Waals surface area (Å²) in [4.78, 5) is 26.5. The van der Waals surface area contributed by atoms with Crippen molar-refractivity contribution < 1.29 is 9.84 Å². The van der Waals surface area contributed by atoms with E-state index in [1.54, 1.807) is 13.1 Å². The van der Waals surface area contributed by atoms with Crippen LogP contribution in [0.15, 0.2) is 58.1 Å². The molecule has 33 heavy (non-hydrogen) atoms. The first-order valence-electron chi connectivity index (χ1n) is 10.9. The minimum atomic E-state index is -0.642. The molecule has 2 aromatic carbocycles. The van der Waals surface area contributed by atoms with E-state index in [9.17, 15) is 14.7 Å². The van der Waals surface area contributed by atoms with Gasteiger partial charge in [-0.15, -0.1) is 0 Å². The van der Waals surface area contributed by atoms with Crippen molar-refractivity contribution in [3.8, 4) is 17.0 Å². The number of benzene rings is 2. The van der Waals surface area contributed by atoms with Crippen LogP contribution in [0.3, 0.4) is 0 Å². The number of phenols is 1. The van der Waals surface area contributed by atoms with Gasteiger partial charge in [0.25, 0.3) is 5.56 Å². The zero-order chi connectivity index (χ0) is 23.7. The van der Waals surface area contributed by atoms with Gasteiger partial charge in [-0.3, -0.25) is 13.9 Å². The Bertz CT molecular complexity index is 1520. The van der Waals surface area contributed by atoms with Gasteiger partial charge in [0, 0.05) is 19.7 Å². The van der Waals surface area contributed by atoms with Gasteiger partial charge in [0.15, 0.2) is 0 Å². The summed E-state index contributed by atoms with van der Waals surface area (Å²) in [6, 6.07) is 15.2. The number of hydrogen-bond donors (Lipinski definition) is 1. The number of rotatable bonds is 2. The third-order valence-corrected chi connectivity index (χ3v) is 6.58. The van der Waals surface area contributed by atoms with Gasteiger partial charge in [-0.05, 0) is 38.0 Å². The molecule has 4 aromatic rings. The van der Waals surface area contributed by atoms with E-state index in [0.717, 1.165) is 21.4 Å². The highest BCUT2D eigenvalue weighted by Gasteiger charge is 2.41. The Morgan fingerprint density at radius 1 is 1.03 bits per heavy atom. The van der Waals surface area contributed by atoms with E-state index in [2.05, 4.69) is 18.4 Å². The molecule has 7 nitrogen and oxygen atoms in total. The molecule has 1 aliphatic heterocycles. The Morgan fingerprint density at radius 2 is 1.73 bits per heavy atom. The Labute approximate surface area is 191 Å². The molecule has 3 heterocycles. The first kappa shape index (κ1) is 21.3. The van der Waals surface area contributed by atoms with Gasteiger partial charge in [-0.1, -0.05) is 42.5 Å². The highest BCUT2D eigenvalue weighted by molar-refractivity contribution is 5.96. The van der Waals surface area contributed by atoms with E-state index in [1.165, 1.54) is 11.6 Å². The molecular formula is C26H27N3O4. The average molecular weight is 446 g/mol. The van der Waals surface area contributed by atoms with Crippen LogP contribution in [0.5, 0.6) is 5.75 Å². The molecule has 0 saturated carbocycles. The minimum absolute atomic E-state index is 0.121. The van der Waals surface area contributed by atoms with Crippen molar-refractivity contribution in [3.63, 3.8) is 0 Å². The van der Waals surface area contributed by atoms with Crippen LogP contribution in [0.2, 0.25) is 0 Å². The number of ether oxygens (including phenoxy) is 1. The number of fused-ring (bicyclic) bond motifs is 3. The molecule has 0 spiro atoms. The van der Waals surface area contributed by atoms with Crippen LogP contribution in [0.4, 0.5) is 0 Å². The SMILES string of the molecule is Cc1ccc(C2OCC(C)(C)n3c(-c4ccccc4)c4c(=O)n(C)c(=O)n(C)c4c32)c(O)c1. The van der Waals surface area contributed by atoms with E-state index in [4.69, 9.17) is 4.74 Å². The molecule has 2 aromatic heterocycles. The Balaban J connectivity index is 2.02. The summed E-state index contributed by atoms with van der Waals surface area (Å²) in [5.41, 5.74) is 3.12. The smallest absolute Gasteiger partial charge is 0.331 e. The zero-order valence-electron chi connectivity index (χ0n) is 19.4. The molecule has 0 saturated heterocycles. The maximum absolute atomic E-state index is 13.5. The zero-order valence-corrected chi connectivity index (χ0v) is 19.4. The van der Waals surface area contributed by atoms with Crippen molar-refractivity contribution in [3.05, 3.63) is 86.2 Å². The number of hydrogen-bond acceptors (Lipinski definition) is 4. The number of aryl methyl sites for hydroxylation is 2.